The molecule has 1 saturated heterocycles. The molecule has 6 nitrogen and oxygen atoms in total. The predicted molar refractivity (Wildman–Crippen MR) is 125 cm³/mol. The molecule has 0 spiro atoms. The number of carbonyl (C=O) groups is 1. The number of amides is 1. The first kappa shape index (κ1) is 22.8. The van der Waals surface area contributed by atoms with Crippen molar-refractivity contribution in [2.75, 3.05) is 20.2 Å². The van der Waals surface area contributed by atoms with Gasteiger partial charge in [0.15, 0.2) is 0 Å². The van der Waals surface area contributed by atoms with Crippen molar-refractivity contribution in [3.05, 3.63) is 35.7 Å². The van der Waals surface area contributed by atoms with Crippen LogP contribution in [-0.4, -0.2) is 42.0 Å². The Bertz CT molecular complexity index is 908. The fraction of sp³-hybridized carbons (Fsp3) is 0.615. The lowest BCUT2D eigenvalue weighted by atomic mass is 9.78. The Morgan fingerprint density at radius 1 is 1.19 bits per heavy atom. The highest BCUT2D eigenvalue weighted by atomic mass is 16.5. The molecule has 1 N–H and O–H groups in total. The van der Waals surface area contributed by atoms with E-state index in [1.165, 1.54) is 12.8 Å². The fourth-order valence-electron chi connectivity index (χ4n) is 5.14. The monoisotopic (exact) mass is 439 g/mol. The lowest BCUT2D eigenvalue weighted by molar-refractivity contribution is -0.128. The van der Waals surface area contributed by atoms with Crippen LogP contribution in [0.4, 0.5) is 0 Å². The first-order valence-electron chi connectivity index (χ1n) is 12.1. The van der Waals surface area contributed by atoms with Crippen molar-refractivity contribution in [1.29, 1.82) is 0 Å². The maximum atomic E-state index is 13.0. The topological polar surface area (TPSA) is 67.6 Å². The summed E-state index contributed by atoms with van der Waals surface area (Å²) in [6.45, 7) is 9.06. The molecule has 0 bridgehead atoms. The van der Waals surface area contributed by atoms with E-state index in [1.807, 2.05) is 31.2 Å². The predicted octanol–water partition coefficient (Wildman–Crippen LogP) is 4.81. The molecule has 1 aliphatic carbocycles. The maximum absolute atomic E-state index is 13.0. The van der Waals surface area contributed by atoms with Crippen molar-refractivity contribution in [1.82, 2.24) is 15.2 Å². The molecule has 4 unspecified atom stereocenters. The minimum atomic E-state index is 0.0569. The van der Waals surface area contributed by atoms with Gasteiger partial charge in [-0.3, -0.25) is 9.69 Å². The smallest absolute Gasteiger partial charge is 0.226 e. The number of oxazole rings is 1. The summed E-state index contributed by atoms with van der Waals surface area (Å²) in [7, 11) is 1.66. The molecular formula is C26H37N3O3. The van der Waals surface area contributed by atoms with Crippen molar-refractivity contribution >= 4 is 5.91 Å². The zero-order valence-corrected chi connectivity index (χ0v) is 19.9. The van der Waals surface area contributed by atoms with Crippen LogP contribution >= 0.6 is 0 Å². The first-order valence-corrected chi connectivity index (χ1v) is 12.1. The van der Waals surface area contributed by atoms with Gasteiger partial charge in [0, 0.05) is 24.7 Å². The summed E-state index contributed by atoms with van der Waals surface area (Å²) in [4.78, 5) is 20.2. The lowest BCUT2D eigenvalue weighted by Gasteiger charge is -2.37. The Morgan fingerprint density at radius 3 is 2.72 bits per heavy atom. The molecule has 1 aliphatic heterocycles. The van der Waals surface area contributed by atoms with E-state index in [9.17, 15) is 4.79 Å². The van der Waals surface area contributed by atoms with Crippen molar-refractivity contribution in [2.24, 2.45) is 17.8 Å². The van der Waals surface area contributed by atoms with Gasteiger partial charge in [0.05, 0.1) is 18.7 Å². The number of hydrogen-bond acceptors (Lipinski definition) is 5. The number of carbonyl (C=O) groups excluding carboxylic acids is 1. The third-order valence-electron chi connectivity index (χ3n) is 7.51. The molecule has 1 saturated carbocycles. The number of rotatable bonds is 6. The molecule has 32 heavy (non-hydrogen) atoms. The van der Waals surface area contributed by atoms with Crippen LogP contribution in [0.1, 0.15) is 57.4 Å². The largest absolute Gasteiger partial charge is 0.497 e. The molecule has 0 radical (unpaired) electrons. The van der Waals surface area contributed by atoms with E-state index >= 15 is 0 Å². The molecule has 2 heterocycles. The highest BCUT2D eigenvalue weighted by Crippen LogP contribution is 2.30. The summed E-state index contributed by atoms with van der Waals surface area (Å²) in [5, 5.41) is 3.39. The normalized spacial score (nSPS) is 26.6. The van der Waals surface area contributed by atoms with Crippen LogP contribution in [0.25, 0.3) is 11.5 Å². The van der Waals surface area contributed by atoms with Gasteiger partial charge < -0.3 is 14.5 Å². The molecular weight excluding hydrogens is 402 g/mol. The summed E-state index contributed by atoms with van der Waals surface area (Å²) in [5.74, 6) is 3.82. The summed E-state index contributed by atoms with van der Waals surface area (Å²) in [6, 6.07) is 8.07. The Labute approximate surface area is 191 Å². The van der Waals surface area contributed by atoms with Gasteiger partial charge >= 0.3 is 0 Å². The molecule has 6 heteroatoms. The van der Waals surface area contributed by atoms with E-state index in [2.05, 4.69) is 24.1 Å². The van der Waals surface area contributed by atoms with E-state index < -0.39 is 0 Å². The molecule has 1 amide bonds. The van der Waals surface area contributed by atoms with Crippen LogP contribution in [0.15, 0.2) is 28.7 Å². The highest BCUT2D eigenvalue weighted by molar-refractivity contribution is 5.79. The second-order valence-electron chi connectivity index (χ2n) is 9.71. The van der Waals surface area contributed by atoms with Crippen LogP contribution < -0.4 is 10.1 Å². The van der Waals surface area contributed by atoms with Gasteiger partial charge in [0.1, 0.15) is 11.5 Å². The summed E-state index contributed by atoms with van der Waals surface area (Å²) in [6.07, 6.45) is 5.61. The molecule has 1 aromatic carbocycles. The number of nitrogens with one attached hydrogen (secondary N) is 1. The van der Waals surface area contributed by atoms with Crippen LogP contribution in [0.5, 0.6) is 5.75 Å². The number of nitrogens with zero attached hydrogens (tertiary/aromatic N) is 2. The van der Waals surface area contributed by atoms with Gasteiger partial charge in [-0.05, 0) is 68.8 Å². The molecule has 2 aromatic rings. The first-order chi connectivity index (χ1) is 15.4. The average Bonchev–Trinajstić information content (AvgIpc) is 3.17. The minimum Gasteiger partial charge on any atom is -0.497 e. The maximum Gasteiger partial charge on any atom is 0.226 e. The second-order valence-corrected chi connectivity index (χ2v) is 9.71. The van der Waals surface area contributed by atoms with Crippen LogP contribution in [0.2, 0.25) is 0 Å². The molecule has 2 fully saturated rings. The van der Waals surface area contributed by atoms with Crippen molar-refractivity contribution in [3.63, 3.8) is 0 Å². The Balaban J connectivity index is 1.36. The molecule has 1 aromatic heterocycles. The van der Waals surface area contributed by atoms with E-state index in [0.717, 1.165) is 55.1 Å². The average molecular weight is 440 g/mol. The lowest BCUT2D eigenvalue weighted by Crippen LogP contribution is -2.49. The Hall–Kier alpha value is -2.34. The molecule has 2 aliphatic rings. The Kier molecular flexibility index (Phi) is 7.19. The van der Waals surface area contributed by atoms with E-state index in [4.69, 9.17) is 14.1 Å². The summed E-state index contributed by atoms with van der Waals surface area (Å²) < 4.78 is 11.2. The van der Waals surface area contributed by atoms with Crippen molar-refractivity contribution in [3.8, 4) is 17.2 Å². The second kappa shape index (κ2) is 10.1. The zero-order valence-electron chi connectivity index (χ0n) is 19.9. The van der Waals surface area contributed by atoms with Gasteiger partial charge in [-0.2, -0.15) is 0 Å². The SMILES string of the molecule is COc1ccc(-c2nc(CN3CCCC(C(=O)NC4CCCC(C)C4C)C3)c(C)o2)cc1. The number of piperidine rings is 1. The van der Waals surface area contributed by atoms with Gasteiger partial charge in [-0.25, -0.2) is 4.98 Å². The van der Waals surface area contributed by atoms with Gasteiger partial charge in [-0.15, -0.1) is 0 Å². The highest BCUT2D eigenvalue weighted by Gasteiger charge is 2.32. The van der Waals surface area contributed by atoms with Crippen molar-refractivity contribution < 1.29 is 13.9 Å². The number of aryl methyl sites for hydroxylation is 1. The fourth-order valence-corrected chi connectivity index (χ4v) is 5.14. The van der Waals surface area contributed by atoms with Gasteiger partial charge in [0.25, 0.3) is 0 Å². The van der Waals surface area contributed by atoms with Crippen molar-refractivity contribution in [2.45, 2.75) is 65.5 Å². The third-order valence-corrected chi connectivity index (χ3v) is 7.51. The Morgan fingerprint density at radius 2 is 1.97 bits per heavy atom. The molecule has 4 atom stereocenters. The van der Waals surface area contributed by atoms with Crippen LogP contribution in [0.3, 0.4) is 0 Å². The third kappa shape index (κ3) is 5.17. The summed E-state index contributed by atoms with van der Waals surface area (Å²) >= 11 is 0. The summed E-state index contributed by atoms with van der Waals surface area (Å²) in [5.41, 5.74) is 1.89. The standard InChI is InChI=1S/C26H37N3O3/c1-17-7-5-9-23(18(17)2)27-25(30)21-8-6-14-29(15-21)16-24-19(3)32-26(28-24)20-10-12-22(31-4)13-11-20/h10-13,17-18,21,23H,5-9,14-16H2,1-4H3,(H,27,30). The quantitative estimate of drug-likeness (QED) is 0.699. The van der Waals surface area contributed by atoms with Gasteiger partial charge in [0.2, 0.25) is 11.8 Å². The van der Waals surface area contributed by atoms with E-state index in [1.54, 1.807) is 7.11 Å². The molecule has 174 valence electrons. The number of methoxy groups -OCH3 is 1. The van der Waals surface area contributed by atoms with Gasteiger partial charge in [-0.1, -0.05) is 26.7 Å². The number of likely N-dealkylation sites (tertiary alicyclic amines) is 1. The number of aromatic nitrogens is 1. The minimum absolute atomic E-state index is 0.0569. The number of benzene rings is 1. The van der Waals surface area contributed by atoms with E-state index in [0.29, 0.717) is 30.3 Å². The van der Waals surface area contributed by atoms with E-state index in [-0.39, 0.29) is 11.8 Å². The number of hydrogen-bond donors (Lipinski definition) is 1. The molecule has 4 rings (SSSR count). The van der Waals surface area contributed by atoms with Crippen LogP contribution in [-0.2, 0) is 11.3 Å². The zero-order chi connectivity index (χ0) is 22.7. The number of ether oxygens (including phenoxy) is 1. The van der Waals surface area contributed by atoms with Crippen LogP contribution in [0, 0.1) is 24.7 Å².